The van der Waals surface area contributed by atoms with Gasteiger partial charge in [-0.05, 0) is 42.5 Å². The number of carboxylic acids is 1. The van der Waals surface area contributed by atoms with E-state index in [0.717, 1.165) is 23.1 Å². The number of hydrogen-bond acceptors (Lipinski definition) is 5. The van der Waals surface area contributed by atoms with Gasteiger partial charge in [-0.3, -0.25) is 14.1 Å². The fraction of sp³-hybridized carbons (Fsp3) is 0. The Balaban J connectivity index is 2.03. The Morgan fingerprint density at radius 3 is 2.04 bits per heavy atom. The number of benzene rings is 2. The summed E-state index contributed by atoms with van der Waals surface area (Å²) < 4.78 is 31.0. The smallest absolute Gasteiger partial charge is 0.335 e. The number of imide groups is 1. The highest BCUT2D eigenvalue weighted by Gasteiger charge is 2.37. The molecule has 24 heavy (non-hydrogen) atoms. The van der Waals surface area contributed by atoms with Gasteiger partial charge in [-0.25, -0.2) is 9.69 Å². The number of carboxylic acid groups (broad SMARTS) is 1. The highest BCUT2D eigenvalue weighted by Crippen LogP contribution is 2.29. The SMILES string of the molecule is O=C(O)c1ccc2c(c1)C(=O)N(c1ccc(S(=O)(=O)O)cc1)C2=O. The third-order valence-electron chi connectivity index (χ3n) is 3.53. The number of fused-ring (bicyclic) bond motifs is 1. The lowest BCUT2D eigenvalue weighted by Crippen LogP contribution is -2.29. The molecule has 2 aromatic carbocycles. The maximum absolute atomic E-state index is 12.4. The molecule has 0 aromatic heterocycles. The van der Waals surface area contributed by atoms with Crippen LogP contribution < -0.4 is 4.90 Å². The maximum Gasteiger partial charge on any atom is 0.335 e. The van der Waals surface area contributed by atoms with Crippen LogP contribution in [0.1, 0.15) is 31.1 Å². The zero-order valence-corrected chi connectivity index (χ0v) is 12.6. The molecule has 3 rings (SSSR count). The normalized spacial score (nSPS) is 14.0. The molecule has 0 spiro atoms. The summed E-state index contributed by atoms with van der Waals surface area (Å²) in [5, 5.41) is 8.97. The van der Waals surface area contributed by atoms with Crippen LogP contribution in [0.25, 0.3) is 0 Å². The van der Waals surface area contributed by atoms with E-state index in [0.29, 0.717) is 0 Å². The van der Waals surface area contributed by atoms with Gasteiger partial charge in [-0.2, -0.15) is 8.42 Å². The van der Waals surface area contributed by atoms with Gasteiger partial charge in [0.25, 0.3) is 21.9 Å². The van der Waals surface area contributed by atoms with Crippen molar-refractivity contribution in [2.45, 2.75) is 4.90 Å². The minimum atomic E-state index is -4.39. The Morgan fingerprint density at radius 2 is 1.50 bits per heavy atom. The fourth-order valence-corrected chi connectivity index (χ4v) is 2.86. The van der Waals surface area contributed by atoms with E-state index in [1.807, 2.05) is 0 Å². The molecular weight excluding hydrogens is 338 g/mol. The van der Waals surface area contributed by atoms with Crippen molar-refractivity contribution in [3.8, 4) is 0 Å². The van der Waals surface area contributed by atoms with E-state index in [1.165, 1.54) is 24.3 Å². The van der Waals surface area contributed by atoms with Crippen LogP contribution in [0.5, 0.6) is 0 Å². The molecule has 0 saturated carbocycles. The van der Waals surface area contributed by atoms with Crippen molar-refractivity contribution in [3.05, 3.63) is 59.2 Å². The van der Waals surface area contributed by atoms with Crippen LogP contribution in [0.15, 0.2) is 47.4 Å². The van der Waals surface area contributed by atoms with Gasteiger partial charge in [0.2, 0.25) is 0 Å². The summed E-state index contributed by atoms with van der Waals surface area (Å²) >= 11 is 0. The number of nitrogens with zero attached hydrogens (tertiary/aromatic N) is 1. The predicted octanol–water partition coefficient (Wildman–Crippen LogP) is 1.43. The third-order valence-corrected chi connectivity index (χ3v) is 4.39. The van der Waals surface area contributed by atoms with Crippen molar-refractivity contribution in [1.82, 2.24) is 0 Å². The topological polar surface area (TPSA) is 129 Å². The largest absolute Gasteiger partial charge is 0.478 e. The molecule has 0 aliphatic carbocycles. The van der Waals surface area contributed by atoms with Crippen LogP contribution in [-0.4, -0.2) is 35.9 Å². The second kappa shape index (κ2) is 5.25. The van der Waals surface area contributed by atoms with Gasteiger partial charge in [0.15, 0.2) is 0 Å². The highest BCUT2D eigenvalue weighted by atomic mass is 32.2. The number of rotatable bonds is 3. The quantitative estimate of drug-likeness (QED) is 0.634. The van der Waals surface area contributed by atoms with E-state index < -0.39 is 27.9 Å². The first-order valence-corrected chi connectivity index (χ1v) is 7.98. The summed E-state index contributed by atoms with van der Waals surface area (Å²) in [5.74, 6) is -2.58. The average molecular weight is 347 g/mol. The third kappa shape index (κ3) is 2.45. The van der Waals surface area contributed by atoms with Crippen molar-refractivity contribution >= 4 is 33.6 Å². The lowest BCUT2D eigenvalue weighted by molar-refractivity contribution is 0.0696. The number of anilines is 1. The molecule has 0 radical (unpaired) electrons. The van der Waals surface area contributed by atoms with Crippen LogP contribution in [0.2, 0.25) is 0 Å². The molecule has 0 bridgehead atoms. The standard InChI is InChI=1S/C15H9NO7S/c17-13-11-6-1-8(15(19)20)7-12(11)14(18)16(13)9-2-4-10(5-3-9)24(21,22)23/h1-7H,(H,19,20)(H,21,22,23). The van der Waals surface area contributed by atoms with E-state index in [2.05, 4.69) is 0 Å². The second-order valence-electron chi connectivity index (χ2n) is 4.98. The van der Waals surface area contributed by atoms with Crippen LogP contribution in [0.4, 0.5) is 5.69 Å². The molecule has 1 heterocycles. The van der Waals surface area contributed by atoms with Gasteiger partial charge in [-0.1, -0.05) is 0 Å². The van der Waals surface area contributed by atoms with Crippen molar-refractivity contribution in [3.63, 3.8) is 0 Å². The van der Waals surface area contributed by atoms with E-state index in [9.17, 15) is 22.8 Å². The summed E-state index contributed by atoms with van der Waals surface area (Å²) in [6, 6.07) is 8.09. The van der Waals surface area contributed by atoms with Gasteiger partial charge < -0.3 is 5.11 Å². The maximum atomic E-state index is 12.4. The molecule has 0 saturated heterocycles. The molecule has 2 aromatic rings. The molecule has 0 atom stereocenters. The summed E-state index contributed by atoms with van der Waals surface area (Å²) in [6.45, 7) is 0. The molecule has 2 N–H and O–H groups in total. The monoisotopic (exact) mass is 347 g/mol. The van der Waals surface area contributed by atoms with Crippen LogP contribution in [0.3, 0.4) is 0 Å². The van der Waals surface area contributed by atoms with E-state index in [1.54, 1.807) is 0 Å². The Kier molecular flexibility index (Phi) is 3.47. The fourth-order valence-electron chi connectivity index (χ4n) is 2.38. The minimum absolute atomic E-state index is 0.0428. The van der Waals surface area contributed by atoms with Crippen molar-refractivity contribution in [1.29, 1.82) is 0 Å². The number of aromatic carboxylic acids is 1. The van der Waals surface area contributed by atoms with Crippen molar-refractivity contribution < 1.29 is 32.5 Å². The number of amides is 2. The molecule has 1 aliphatic rings. The van der Waals surface area contributed by atoms with Gasteiger partial charge in [0.1, 0.15) is 0 Å². The van der Waals surface area contributed by atoms with E-state index >= 15 is 0 Å². The molecule has 2 amide bonds. The van der Waals surface area contributed by atoms with Crippen LogP contribution in [0, 0.1) is 0 Å². The molecule has 8 nitrogen and oxygen atoms in total. The Labute approximate surface area is 135 Å². The van der Waals surface area contributed by atoms with Crippen LogP contribution in [-0.2, 0) is 10.1 Å². The van der Waals surface area contributed by atoms with Gasteiger partial charge in [0, 0.05) is 0 Å². The Morgan fingerprint density at radius 1 is 0.917 bits per heavy atom. The number of hydrogen-bond donors (Lipinski definition) is 2. The van der Waals surface area contributed by atoms with E-state index in [-0.39, 0.29) is 27.3 Å². The summed E-state index contributed by atoms with van der Waals surface area (Å²) in [6.07, 6.45) is 0. The second-order valence-corrected chi connectivity index (χ2v) is 6.40. The molecule has 0 unspecified atom stereocenters. The van der Waals surface area contributed by atoms with Gasteiger partial charge in [0.05, 0.1) is 27.3 Å². The number of carbonyl (C=O) groups excluding carboxylic acids is 2. The van der Waals surface area contributed by atoms with Crippen molar-refractivity contribution in [2.75, 3.05) is 4.90 Å². The Bertz CT molecular complexity index is 993. The molecular formula is C15H9NO7S. The van der Waals surface area contributed by atoms with Crippen molar-refractivity contribution in [2.24, 2.45) is 0 Å². The summed E-state index contributed by atoms with van der Waals surface area (Å²) in [5.41, 5.74) is -0.00782. The highest BCUT2D eigenvalue weighted by molar-refractivity contribution is 7.85. The molecule has 122 valence electrons. The summed E-state index contributed by atoms with van der Waals surface area (Å²) in [4.78, 5) is 36.2. The molecule has 9 heteroatoms. The first kappa shape index (κ1) is 15.8. The van der Waals surface area contributed by atoms with Crippen LogP contribution >= 0.6 is 0 Å². The van der Waals surface area contributed by atoms with E-state index in [4.69, 9.17) is 9.66 Å². The molecule has 0 fully saturated rings. The lowest BCUT2D eigenvalue weighted by Gasteiger charge is -2.13. The first-order valence-electron chi connectivity index (χ1n) is 6.54. The average Bonchev–Trinajstić information content (AvgIpc) is 2.77. The minimum Gasteiger partial charge on any atom is -0.478 e. The summed E-state index contributed by atoms with van der Waals surface area (Å²) in [7, 11) is -4.39. The first-order chi connectivity index (χ1) is 11.2. The van der Waals surface area contributed by atoms with Gasteiger partial charge in [-0.15, -0.1) is 0 Å². The molecule has 1 aliphatic heterocycles. The van der Waals surface area contributed by atoms with Gasteiger partial charge >= 0.3 is 5.97 Å². The lowest BCUT2D eigenvalue weighted by atomic mass is 10.1. The zero-order valence-electron chi connectivity index (χ0n) is 11.8. The predicted molar refractivity (Wildman–Crippen MR) is 80.8 cm³/mol. The Hall–Kier alpha value is -3.04. The number of carbonyl (C=O) groups is 3. The zero-order chi connectivity index (χ0) is 17.6.